The van der Waals surface area contributed by atoms with Crippen molar-refractivity contribution in [1.29, 1.82) is 0 Å². The largest absolute Gasteiger partial charge is 0.373 e. The van der Waals surface area contributed by atoms with Crippen LogP contribution in [0.25, 0.3) is 0 Å². The average Bonchev–Trinajstić information content (AvgIpc) is 2.65. The molecule has 2 N–H and O–H groups in total. The molecule has 2 fully saturated rings. The lowest BCUT2D eigenvalue weighted by atomic mass is 10.1. The second-order valence-corrected chi connectivity index (χ2v) is 8.01. The minimum absolute atomic E-state index is 0.0697. The third kappa shape index (κ3) is 5.10. The number of amides is 2. The minimum atomic E-state index is -3.82. The van der Waals surface area contributed by atoms with Gasteiger partial charge in [0.1, 0.15) is 0 Å². The SMILES string of the molecule is CC1CN(S(=O)(=O)NC(=O)NC2CCCCCC2)CC(C)O1. The Kier molecular flexibility index (Phi) is 6.05. The quantitative estimate of drug-likeness (QED) is 0.764. The summed E-state index contributed by atoms with van der Waals surface area (Å²) in [5.74, 6) is 0. The highest BCUT2D eigenvalue weighted by molar-refractivity contribution is 7.87. The molecule has 0 radical (unpaired) electrons. The molecule has 2 amide bonds. The summed E-state index contributed by atoms with van der Waals surface area (Å²) in [5.41, 5.74) is 0. The van der Waals surface area contributed by atoms with Gasteiger partial charge in [0.15, 0.2) is 0 Å². The maximum absolute atomic E-state index is 12.3. The molecule has 7 nitrogen and oxygen atoms in total. The van der Waals surface area contributed by atoms with E-state index in [1.165, 1.54) is 17.1 Å². The molecule has 1 aliphatic heterocycles. The predicted molar refractivity (Wildman–Crippen MR) is 83.7 cm³/mol. The van der Waals surface area contributed by atoms with Crippen LogP contribution in [-0.4, -0.2) is 50.1 Å². The Morgan fingerprint density at radius 2 is 1.59 bits per heavy atom. The first-order chi connectivity index (χ1) is 10.4. The van der Waals surface area contributed by atoms with E-state index < -0.39 is 16.2 Å². The molecular weight excluding hydrogens is 306 g/mol. The van der Waals surface area contributed by atoms with E-state index in [9.17, 15) is 13.2 Å². The molecule has 2 rings (SSSR count). The fraction of sp³-hybridized carbons (Fsp3) is 0.929. The van der Waals surface area contributed by atoms with Crippen molar-refractivity contribution < 1.29 is 17.9 Å². The minimum Gasteiger partial charge on any atom is -0.373 e. The van der Waals surface area contributed by atoms with E-state index in [1.807, 2.05) is 13.8 Å². The number of carbonyl (C=O) groups excluding carboxylic acids is 1. The maximum Gasteiger partial charge on any atom is 0.329 e. The zero-order valence-electron chi connectivity index (χ0n) is 13.4. The lowest BCUT2D eigenvalue weighted by molar-refractivity contribution is -0.0443. The number of urea groups is 1. The maximum atomic E-state index is 12.3. The molecule has 0 aromatic heterocycles. The summed E-state index contributed by atoms with van der Waals surface area (Å²) in [6, 6.07) is -0.557. The van der Waals surface area contributed by atoms with Gasteiger partial charge in [-0.15, -0.1) is 0 Å². The van der Waals surface area contributed by atoms with Crippen molar-refractivity contribution in [1.82, 2.24) is 14.3 Å². The molecule has 0 aromatic carbocycles. The molecule has 2 unspecified atom stereocenters. The molecule has 1 saturated heterocycles. The molecule has 128 valence electrons. The van der Waals surface area contributed by atoms with Crippen LogP contribution in [0.2, 0.25) is 0 Å². The average molecular weight is 333 g/mol. The fourth-order valence-electron chi connectivity index (χ4n) is 3.15. The number of nitrogens with zero attached hydrogens (tertiary/aromatic N) is 1. The Hall–Kier alpha value is -0.860. The van der Waals surface area contributed by atoms with E-state index in [-0.39, 0.29) is 31.3 Å². The monoisotopic (exact) mass is 333 g/mol. The van der Waals surface area contributed by atoms with Crippen molar-refractivity contribution in [3.05, 3.63) is 0 Å². The van der Waals surface area contributed by atoms with Gasteiger partial charge in [-0.25, -0.2) is 9.52 Å². The van der Waals surface area contributed by atoms with Crippen LogP contribution in [0.5, 0.6) is 0 Å². The van der Waals surface area contributed by atoms with Crippen molar-refractivity contribution in [2.75, 3.05) is 13.1 Å². The molecule has 0 bridgehead atoms. The zero-order chi connectivity index (χ0) is 16.2. The second-order valence-electron chi connectivity index (χ2n) is 6.34. The van der Waals surface area contributed by atoms with Crippen LogP contribution in [0.1, 0.15) is 52.4 Å². The first kappa shape index (κ1) is 17.5. The number of morpholine rings is 1. The van der Waals surface area contributed by atoms with Crippen LogP contribution in [0.4, 0.5) is 4.79 Å². The molecule has 0 aromatic rings. The Morgan fingerprint density at radius 3 is 2.14 bits per heavy atom. The zero-order valence-corrected chi connectivity index (χ0v) is 14.2. The van der Waals surface area contributed by atoms with Crippen LogP contribution < -0.4 is 10.0 Å². The first-order valence-electron chi connectivity index (χ1n) is 8.10. The molecule has 1 aliphatic carbocycles. The van der Waals surface area contributed by atoms with Gasteiger partial charge in [-0.1, -0.05) is 25.7 Å². The van der Waals surface area contributed by atoms with Crippen molar-refractivity contribution in [3.63, 3.8) is 0 Å². The highest BCUT2D eigenvalue weighted by Crippen LogP contribution is 2.17. The molecular formula is C14H27N3O4S. The molecule has 1 saturated carbocycles. The summed E-state index contributed by atoms with van der Waals surface area (Å²) in [6.45, 7) is 4.17. The van der Waals surface area contributed by atoms with Gasteiger partial charge in [0.25, 0.3) is 0 Å². The predicted octanol–water partition coefficient (Wildman–Crippen LogP) is 1.36. The number of hydrogen-bond acceptors (Lipinski definition) is 4. The number of ether oxygens (including phenoxy) is 1. The van der Waals surface area contributed by atoms with Crippen LogP contribution in [0, 0.1) is 0 Å². The number of rotatable bonds is 3. The van der Waals surface area contributed by atoms with Crippen molar-refractivity contribution in [2.45, 2.75) is 70.6 Å². The molecule has 1 heterocycles. The topological polar surface area (TPSA) is 87.7 Å². The number of hydrogen-bond donors (Lipinski definition) is 2. The Bertz CT molecular complexity index is 464. The molecule has 0 spiro atoms. The Balaban J connectivity index is 1.88. The van der Waals surface area contributed by atoms with Crippen molar-refractivity contribution in [2.24, 2.45) is 0 Å². The molecule has 8 heteroatoms. The van der Waals surface area contributed by atoms with E-state index in [0.717, 1.165) is 25.7 Å². The molecule has 2 aliphatic rings. The highest BCUT2D eigenvalue weighted by atomic mass is 32.2. The number of nitrogens with one attached hydrogen (secondary N) is 2. The van der Waals surface area contributed by atoms with Crippen LogP contribution >= 0.6 is 0 Å². The molecule has 2 atom stereocenters. The van der Waals surface area contributed by atoms with Crippen molar-refractivity contribution >= 4 is 16.2 Å². The lowest BCUT2D eigenvalue weighted by Gasteiger charge is -2.34. The first-order valence-corrected chi connectivity index (χ1v) is 9.54. The number of carbonyl (C=O) groups is 1. The summed E-state index contributed by atoms with van der Waals surface area (Å²) in [4.78, 5) is 12.0. The van der Waals surface area contributed by atoms with Gasteiger partial charge in [0, 0.05) is 19.1 Å². The van der Waals surface area contributed by atoms with Crippen LogP contribution in [0.15, 0.2) is 0 Å². The smallest absolute Gasteiger partial charge is 0.329 e. The summed E-state index contributed by atoms with van der Waals surface area (Å²) in [5, 5.41) is 2.79. The summed E-state index contributed by atoms with van der Waals surface area (Å²) in [6.07, 6.45) is 6.00. The third-order valence-corrected chi connectivity index (χ3v) is 5.56. The van der Waals surface area contributed by atoms with Gasteiger partial charge in [-0.2, -0.15) is 12.7 Å². The third-order valence-electron chi connectivity index (χ3n) is 4.14. The van der Waals surface area contributed by atoms with E-state index >= 15 is 0 Å². The fourth-order valence-corrected chi connectivity index (χ4v) is 4.38. The summed E-state index contributed by atoms with van der Waals surface area (Å²) in [7, 11) is -3.82. The Morgan fingerprint density at radius 1 is 1.05 bits per heavy atom. The second kappa shape index (κ2) is 7.61. The van der Waals surface area contributed by atoms with Crippen molar-refractivity contribution in [3.8, 4) is 0 Å². The van der Waals surface area contributed by atoms with Gasteiger partial charge >= 0.3 is 16.2 Å². The Labute approximate surface area is 133 Å². The van der Waals surface area contributed by atoms with E-state index in [2.05, 4.69) is 10.0 Å². The normalized spacial score (nSPS) is 28.8. The van der Waals surface area contributed by atoms with Gasteiger partial charge in [-0.3, -0.25) is 0 Å². The van der Waals surface area contributed by atoms with E-state index in [1.54, 1.807) is 0 Å². The van der Waals surface area contributed by atoms with E-state index in [0.29, 0.717) is 0 Å². The van der Waals surface area contributed by atoms with Gasteiger partial charge in [0.2, 0.25) is 0 Å². The van der Waals surface area contributed by atoms with Gasteiger partial charge < -0.3 is 10.1 Å². The van der Waals surface area contributed by atoms with Gasteiger partial charge in [0.05, 0.1) is 12.2 Å². The molecule has 22 heavy (non-hydrogen) atoms. The summed E-state index contributed by atoms with van der Waals surface area (Å²) < 4.78 is 33.5. The van der Waals surface area contributed by atoms with E-state index in [4.69, 9.17) is 4.74 Å². The summed E-state index contributed by atoms with van der Waals surface area (Å²) >= 11 is 0. The van der Waals surface area contributed by atoms with Gasteiger partial charge in [-0.05, 0) is 26.7 Å². The lowest BCUT2D eigenvalue weighted by Crippen LogP contribution is -2.55. The highest BCUT2D eigenvalue weighted by Gasteiger charge is 2.32. The van der Waals surface area contributed by atoms with Crippen LogP contribution in [0.3, 0.4) is 0 Å². The standard InChI is InChI=1S/C14H27N3O4S/c1-11-9-17(10-12(2)21-11)22(19,20)16-14(18)15-13-7-5-3-4-6-8-13/h11-13H,3-10H2,1-2H3,(H2,15,16,18). The van der Waals surface area contributed by atoms with Crippen LogP contribution in [-0.2, 0) is 14.9 Å².